The third kappa shape index (κ3) is 4.75. The van der Waals surface area contributed by atoms with Crippen molar-refractivity contribution >= 4 is 27.5 Å². The van der Waals surface area contributed by atoms with Crippen molar-refractivity contribution in [2.75, 3.05) is 0 Å². The summed E-state index contributed by atoms with van der Waals surface area (Å²) in [6.07, 6.45) is -1.78. The maximum atomic E-state index is 12.1. The van der Waals surface area contributed by atoms with Crippen molar-refractivity contribution in [1.82, 2.24) is 9.97 Å². The van der Waals surface area contributed by atoms with E-state index in [1.165, 1.54) is 24.5 Å². The topological polar surface area (TPSA) is 44.2 Å². The van der Waals surface area contributed by atoms with Gasteiger partial charge in [0, 0.05) is 18.0 Å². The highest BCUT2D eigenvalue weighted by molar-refractivity contribution is 9.10. The summed E-state index contributed by atoms with van der Waals surface area (Å²) in [5, 5.41) is 0. The molecule has 0 bridgehead atoms. The molecule has 0 N–H and O–H groups in total. The molecule has 0 unspecified atom stereocenters. The predicted octanol–water partition coefficient (Wildman–Crippen LogP) is 4.67. The van der Waals surface area contributed by atoms with Gasteiger partial charge in [-0.1, -0.05) is 0 Å². The number of alkyl halides is 4. The summed E-state index contributed by atoms with van der Waals surface area (Å²) in [6, 6.07) is 3.81. The lowest BCUT2D eigenvalue weighted by Gasteiger charge is -2.11. The minimum Gasteiger partial charge on any atom is -0.424 e. The number of ether oxygens (including phenoxy) is 2. The number of nitrogens with zero attached hydrogens (tertiary/aromatic N) is 2. The fourth-order valence-corrected chi connectivity index (χ4v) is 1.90. The van der Waals surface area contributed by atoms with Crippen LogP contribution in [0.4, 0.5) is 13.2 Å². The lowest BCUT2D eigenvalue weighted by molar-refractivity contribution is -0.274. The maximum absolute atomic E-state index is 12.1. The van der Waals surface area contributed by atoms with Crippen LogP contribution in [0.15, 0.2) is 35.1 Å². The Hall–Kier alpha value is -1.54. The Balaban J connectivity index is 2.12. The average molecular weight is 384 g/mol. The Labute approximate surface area is 131 Å². The molecule has 1 heterocycles. The molecule has 0 aliphatic carbocycles. The Morgan fingerprint density at radius 1 is 1.19 bits per heavy atom. The third-order valence-corrected chi connectivity index (χ3v) is 3.10. The van der Waals surface area contributed by atoms with Crippen LogP contribution in [0.3, 0.4) is 0 Å². The second-order valence-corrected chi connectivity index (χ2v) is 4.87. The van der Waals surface area contributed by atoms with Gasteiger partial charge >= 0.3 is 12.4 Å². The van der Waals surface area contributed by atoms with E-state index in [4.69, 9.17) is 16.3 Å². The quantitative estimate of drug-likeness (QED) is 0.720. The highest BCUT2D eigenvalue weighted by Crippen LogP contribution is 2.34. The Bertz CT molecular complexity index is 623. The summed E-state index contributed by atoms with van der Waals surface area (Å²) < 4.78 is 45.6. The van der Waals surface area contributed by atoms with E-state index in [2.05, 4.69) is 30.6 Å². The van der Waals surface area contributed by atoms with E-state index >= 15 is 0 Å². The lowest BCUT2D eigenvalue weighted by atomic mass is 10.3. The molecule has 9 heteroatoms. The molecule has 1 aromatic heterocycles. The average Bonchev–Trinajstić information content (AvgIpc) is 2.41. The fraction of sp³-hybridized carbons (Fsp3) is 0.167. The molecule has 0 saturated carbocycles. The zero-order valence-corrected chi connectivity index (χ0v) is 12.5. The lowest BCUT2D eigenvalue weighted by Crippen LogP contribution is -2.17. The van der Waals surface area contributed by atoms with Crippen molar-refractivity contribution < 1.29 is 22.6 Å². The second-order valence-electron chi connectivity index (χ2n) is 3.75. The smallest absolute Gasteiger partial charge is 0.424 e. The standard InChI is InChI=1S/C12H7BrClF3N2O2/c13-9-3-8(1-2-10(9)21-12(15,16)17)20-11-18-5-7(4-14)6-19-11/h1-3,5-6H,4H2. The highest BCUT2D eigenvalue weighted by Gasteiger charge is 2.32. The molecule has 4 nitrogen and oxygen atoms in total. The molecule has 0 saturated heterocycles. The largest absolute Gasteiger partial charge is 0.573 e. The number of hydrogen-bond donors (Lipinski definition) is 0. The fourth-order valence-electron chi connectivity index (χ4n) is 1.32. The van der Waals surface area contributed by atoms with Crippen LogP contribution in [0.5, 0.6) is 17.5 Å². The van der Waals surface area contributed by atoms with Gasteiger partial charge in [0.15, 0.2) is 0 Å². The zero-order chi connectivity index (χ0) is 15.5. The van der Waals surface area contributed by atoms with Crippen LogP contribution < -0.4 is 9.47 Å². The SMILES string of the molecule is FC(F)(F)Oc1ccc(Oc2ncc(CCl)cn2)cc1Br. The van der Waals surface area contributed by atoms with Gasteiger partial charge in [-0.2, -0.15) is 0 Å². The van der Waals surface area contributed by atoms with Gasteiger partial charge in [0.05, 0.1) is 10.4 Å². The van der Waals surface area contributed by atoms with Crippen LogP contribution in [0, 0.1) is 0 Å². The molecule has 0 spiro atoms. The summed E-state index contributed by atoms with van der Waals surface area (Å²) in [4.78, 5) is 7.82. The number of benzene rings is 1. The Morgan fingerprint density at radius 3 is 2.38 bits per heavy atom. The van der Waals surface area contributed by atoms with Gasteiger partial charge in [-0.25, -0.2) is 9.97 Å². The molecule has 0 fully saturated rings. The van der Waals surface area contributed by atoms with E-state index in [1.54, 1.807) is 0 Å². The zero-order valence-electron chi connectivity index (χ0n) is 10.2. The van der Waals surface area contributed by atoms with E-state index in [0.29, 0.717) is 0 Å². The molecular weight excluding hydrogens is 376 g/mol. The minimum atomic E-state index is -4.76. The number of halogens is 5. The molecule has 2 rings (SSSR count). The van der Waals surface area contributed by atoms with Crippen LogP contribution >= 0.6 is 27.5 Å². The van der Waals surface area contributed by atoms with Gasteiger partial charge in [-0.3, -0.25) is 0 Å². The van der Waals surface area contributed by atoms with Crippen molar-refractivity contribution in [2.24, 2.45) is 0 Å². The van der Waals surface area contributed by atoms with Gasteiger partial charge in [0.25, 0.3) is 0 Å². The minimum absolute atomic E-state index is 0.0558. The first-order chi connectivity index (χ1) is 9.87. The predicted molar refractivity (Wildman–Crippen MR) is 72.5 cm³/mol. The molecule has 2 aromatic rings. The summed E-state index contributed by atoms with van der Waals surface area (Å²) in [5.41, 5.74) is 0.721. The van der Waals surface area contributed by atoms with E-state index in [9.17, 15) is 13.2 Å². The van der Waals surface area contributed by atoms with Crippen molar-refractivity contribution in [1.29, 1.82) is 0 Å². The molecule has 0 aliphatic rings. The number of rotatable bonds is 4. The molecule has 0 amide bonds. The van der Waals surface area contributed by atoms with Crippen LogP contribution in [-0.2, 0) is 5.88 Å². The van der Waals surface area contributed by atoms with Crippen LogP contribution in [0.2, 0.25) is 0 Å². The molecule has 1 aromatic carbocycles. The summed E-state index contributed by atoms with van der Waals surface area (Å²) in [6.45, 7) is 0. The van der Waals surface area contributed by atoms with E-state index in [-0.39, 0.29) is 27.9 Å². The van der Waals surface area contributed by atoms with Crippen molar-refractivity contribution in [3.8, 4) is 17.5 Å². The molecule has 0 aliphatic heterocycles. The number of hydrogen-bond acceptors (Lipinski definition) is 4. The summed E-state index contributed by atoms with van der Waals surface area (Å²) in [5.74, 6) is 0.165. The molecule has 112 valence electrons. The first kappa shape index (κ1) is 15.8. The first-order valence-corrected chi connectivity index (χ1v) is 6.80. The maximum Gasteiger partial charge on any atom is 0.573 e. The van der Waals surface area contributed by atoms with Crippen molar-refractivity contribution in [3.63, 3.8) is 0 Å². The van der Waals surface area contributed by atoms with Gasteiger partial charge in [0.2, 0.25) is 0 Å². The van der Waals surface area contributed by atoms with E-state index < -0.39 is 6.36 Å². The van der Waals surface area contributed by atoms with Crippen LogP contribution in [-0.4, -0.2) is 16.3 Å². The highest BCUT2D eigenvalue weighted by atomic mass is 79.9. The third-order valence-electron chi connectivity index (χ3n) is 2.17. The van der Waals surface area contributed by atoms with Gasteiger partial charge in [-0.15, -0.1) is 24.8 Å². The molecule has 21 heavy (non-hydrogen) atoms. The first-order valence-electron chi connectivity index (χ1n) is 5.47. The Morgan fingerprint density at radius 2 is 1.86 bits per heavy atom. The summed E-state index contributed by atoms with van der Waals surface area (Å²) in [7, 11) is 0. The van der Waals surface area contributed by atoms with Crippen molar-refractivity contribution in [3.05, 3.63) is 40.6 Å². The van der Waals surface area contributed by atoms with Gasteiger partial charge < -0.3 is 9.47 Å². The summed E-state index contributed by atoms with van der Waals surface area (Å²) >= 11 is 8.57. The van der Waals surface area contributed by atoms with Crippen LogP contribution in [0.1, 0.15) is 5.56 Å². The number of aromatic nitrogens is 2. The van der Waals surface area contributed by atoms with Gasteiger partial charge in [-0.05, 0) is 34.1 Å². The Kier molecular flexibility index (Phi) is 4.89. The normalized spacial score (nSPS) is 11.3. The van der Waals surface area contributed by atoms with Crippen molar-refractivity contribution in [2.45, 2.75) is 12.2 Å². The molecular formula is C12H7BrClF3N2O2. The second kappa shape index (κ2) is 6.48. The molecule has 0 atom stereocenters. The van der Waals surface area contributed by atoms with Gasteiger partial charge in [0.1, 0.15) is 11.5 Å². The van der Waals surface area contributed by atoms with Crippen LogP contribution in [0.25, 0.3) is 0 Å². The van der Waals surface area contributed by atoms with E-state index in [1.807, 2.05) is 0 Å². The van der Waals surface area contributed by atoms with E-state index in [0.717, 1.165) is 11.6 Å². The monoisotopic (exact) mass is 382 g/mol. The molecule has 0 radical (unpaired) electrons.